The van der Waals surface area contributed by atoms with E-state index in [0.717, 1.165) is 11.1 Å². The molecule has 0 saturated carbocycles. The molecule has 2 aromatic rings. The highest BCUT2D eigenvalue weighted by Gasteiger charge is 2.43. The van der Waals surface area contributed by atoms with Gasteiger partial charge in [-0.05, 0) is 54.2 Å². The second-order valence-electron chi connectivity index (χ2n) is 8.63. The number of rotatable bonds is 7. The zero-order chi connectivity index (χ0) is 23.4. The predicted molar refractivity (Wildman–Crippen MR) is 126 cm³/mol. The molecule has 5 nitrogen and oxygen atoms in total. The normalized spacial score (nSPS) is 23.7. The van der Waals surface area contributed by atoms with Crippen molar-refractivity contribution in [3.63, 3.8) is 0 Å². The Morgan fingerprint density at radius 1 is 1.16 bits per heavy atom. The number of halogens is 2. The summed E-state index contributed by atoms with van der Waals surface area (Å²) in [5, 5.41) is 15.2. The first-order valence-corrected chi connectivity index (χ1v) is 11.5. The Morgan fingerprint density at radius 3 is 2.47 bits per heavy atom. The van der Waals surface area contributed by atoms with Crippen LogP contribution < -0.4 is 5.32 Å². The average Bonchev–Trinajstić information content (AvgIpc) is 2.78. The number of amides is 1. The molecule has 3 rings (SSSR count). The van der Waals surface area contributed by atoms with E-state index in [0.29, 0.717) is 22.9 Å². The molecular weight excluding hydrogens is 449 g/mol. The highest BCUT2D eigenvalue weighted by atomic mass is 35.5. The zero-order valence-electron chi connectivity index (χ0n) is 18.4. The van der Waals surface area contributed by atoms with Crippen molar-refractivity contribution in [3.05, 3.63) is 69.7 Å². The van der Waals surface area contributed by atoms with Gasteiger partial charge in [-0.1, -0.05) is 61.3 Å². The third-order valence-corrected chi connectivity index (χ3v) is 6.99. The van der Waals surface area contributed by atoms with Crippen molar-refractivity contribution < 1.29 is 19.4 Å². The van der Waals surface area contributed by atoms with Gasteiger partial charge in [-0.3, -0.25) is 9.59 Å². The molecule has 1 aliphatic heterocycles. The van der Waals surface area contributed by atoms with Crippen molar-refractivity contribution in [2.24, 2.45) is 17.8 Å². The van der Waals surface area contributed by atoms with Gasteiger partial charge in [0.15, 0.2) is 0 Å². The number of hydrogen-bond acceptors (Lipinski definition) is 4. The Balaban J connectivity index is 1.85. The second kappa shape index (κ2) is 10.7. The van der Waals surface area contributed by atoms with Gasteiger partial charge in [0.05, 0.1) is 25.0 Å². The standard InChI is InChI=1S/C25H29Cl2NO4/c1-14(11-22(29)16-7-9-18(26)10-8-16)23-21(17-5-4-6-19(27)12-17)13-20(24(30)28-23)15(2)25(31)32-3/h4-10,12,14-15,20-23,29H,11,13H2,1-3H3,(H,28,30)/t14?,15?,20-,21+,22-,23-/m0/s1. The largest absolute Gasteiger partial charge is 0.469 e. The van der Waals surface area contributed by atoms with Crippen LogP contribution in [-0.2, 0) is 14.3 Å². The van der Waals surface area contributed by atoms with Crippen LogP contribution in [0, 0.1) is 17.8 Å². The van der Waals surface area contributed by atoms with Crippen LogP contribution in [0.4, 0.5) is 0 Å². The molecule has 1 heterocycles. The van der Waals surface area contributed by atoms with E-state index in [-0.39, 0.29) is 23.8 Å². The van der Waals surface area contributed by atoms with Gasteiger partial charge in [-0.15, -0.1) is 0 Å². The molecule has 1 fully saturated rings. The molecule has 0 spiro atoms. The number of aliphatic hydroxyl groups excluding tert-OH is 1. The molecule has 0 aromatic heterocycles. The summed E-state index contributed by atoms with van der Waals surface area (Å²) in [5.41, 5.74) is 1.78. The number of benzene rings is 2. The summed E-state index contributed by atoms with van der Waals surface area (Å²) in [6, 6.07) is 14.5. The van der Waals surface area contributed by atoms with Crippen LogP contribution in [-0.4, -0.2) is 30.1 Å². The van der Waals surface area contributed by atoms with Gasteiger partial charge in [0.1, 0.15) is 0 Å². The van der Waals surface area contributed by atoms with Gasteiger partial charge in [-0.2, -0.15) is 0 Å². The van der Waals surface area contributed by atoms with E-state index in [4.69, 9.17) is 27.9 Å². The number of aliphatic hydroxyl groups is 1. The fraction of sp³-hybridized carbons (Fsp3) is 0.440. The van der Waals surface area contributed by atoms with E-state index in [1.54, 1.807) is 19.1 Å². The second-order valence-corrected chi connectivity index (χ2v) is 9.50. The smallest absolute Gasteiger partial charge is 0.309 e. The van der Waals surface area contributed by atoms with Crippen LogP contribution >= 0.6 is 23.2 Å². The van der Waals surface area contributed by atoms with Crippen molar-refractivity contribution in [2.75, 3.05) is 7.11 Å². The minimum atomic E-state index is -0.689. The van der Waals surface area contributed by atoms with Crippen LogP contribution in [0.25, 0.3) is 0 Å². The molecule has 6 atom stereocenters. The Morgan fingerprint density at radius 2 is 1.84 bits per heavy atom. The number of carbonyl (C=O) groups excluding carboxylic acids is 2. The lowest BCUT2D eigenvalue weighted by molar-refractivity contribution is -0.151. The van der Waals surface area contributed by atoms with Crippen molar-refractivity contribution in [1.29, 1.82) is 0 Å². The highest BCUT2D eigenvalue weighted by Crippen LogP contribution is 2.40. The number of carbonyl (C=O) groups is 2. The van der Waals surface area contributed by atoms with E-state index >= 15 is 0 Å². The number of esters is 1. The molecule has 0 bridgehead atoms. The molecule has 2 unspecified atom stereocenters. The third kappa shape index (κ3) is 5.64. The first-order valence-electron chi connectivity index (χ1n) is 10.8. The summed E-state index contributed by atoms with van der Waals surface area (Å²) in [6.07, 6.45) is 0.265. The molecule has 1 amide bonds. The number of nitrogens with one attached hydrogen (secondary N) is 1. The monoisotopic (exact) mass is 477 g/mol. The van der Waals surface area contributed by atoms with Gasteiger partial charge >= 0.3 is 5.97 Å². The Bertz CT molecular complexity index is 949. The van der Waals surface area contributed by atoms with E-state index in [1.165, 1.54) is 7.11 Å². The van der Waals surface area contributed by atoms with E-state index in [1.807, 2.05) is 43.3 Å². The number of hydrogen-bond donors (Lipinski definition) is 2. The van der Waals surface area contributed by atoms with Crippen molar-refractivity contribution in [2.45, 2.75) is 44.8 Å². The number of methoxy groups -OCH3 is 1. The molecule has 172 valence electrons. The molecular formula is C25H29Cl2NO4. The summed E-state index contributed by atoms with van der Waals surface area (Å²) in [7, 11) is 1.33. The Hall–Kier alpha value is -2.08. The maximum absolute atomic E-state index is 13.0. The number of ether oxygens (including phenoxy) is 1. The molecule has 0 radical (unpaired) electrons. The lowest BCUT2D eigenvalue weighted by Crippen LogP contribution is -2.53. The molecule has 1 saturated heterocycles. The topological polar surface area (TPSA) is 75.6 Å². The summed E-state index contributed by atoms with van der Waals surface area (Å²) >= 11 is 12.2. The maximum Gasteiger partial charge on any atom is 0.309 e. The van der Waals surface area contributed by atoms with Crippen molar-refractivity contribution >= 4 is 35.1 Å². The first-order chi connectivity index (χ1) is 15.2. The lowest BCUT2D eigenvalue weighted by atomic mass is 9.71. The Kier molecular flexibility index (Phi) is 8.21. The SMILES string of the molecule is COC(=O)C(C)[C@@H]1C[C@H](c2cccc(Cl)c2)[C@H](C(C)C[C@H](O)c2ccc(Cl)cc2)NC1=O. The molecule has 0 aliphatic carbocycles. The predicted octanol–water partition coefficient (Wildman–Crippen LogP) is 5.15. The number of piperidine rings is 1. The average molecular weight is 478 g/mol. The van der Waals surface area contributed by atoms with Gasteiger partial charge in [-0.25, -0.2) is 0 Å². The summed E-state index contributed by atoms with van der Waals surface area (Å²) in [6.45, 7) is 3.74. The van der Waals surface area contributed by atoms with Crippen LogP contribution in [0.1, 0.15) is 49.8 Å². The van der Waals surface area contributed by atoms with Crippen LogP contribution in [0.5, 0.6) is 0 Å². The third-order valence-electron chi connectivity index (χ3n) is 6.50. The maximum atomic E-state index is 13.0. The van der Waals surface area contributed by atoms with Gasteiger partial charge < -0.3 is 15.2 Å². The van der Waals surface area contributed by atoms with Crippen molar-refractivity contribution in [3.8, 4) is 0 Å². The van der Waals surface area contributed by atoms with E-state index in [2.05, 4.69) is 5.32 Å². The molecule has 2 aromatic carbocycles. The van der Waals surface area contributed by atoms with E-state index in [9.17, 15) is 14.7 Å². The highest BCUT2D eigenvalue weighted by molar-refractivity contribution is 6.30. The minimum absolute atomic E-state index is 0.0389. The summed E-state index contributed by atoms with van der Waals surface area (Å²) in [5.74, 6) is -1.73. The van der Waals surface area contributed by atoms with Crippen molar-refractivity contribution in [1.82, 2.24) is 5.32 Å². The first kappa shape index (κ1) is 24.6. The Labute approximate surface area is 199 Å². The van der Waals surface area contributed by atoms with Gasteiger partial charge in [0.25, 0.3) is 0 Å². The summed E-state index contributed by atoms with van der Waals surface area (Å²) in [4.78, 5) is 25.1. The van der Waals surface area contributed by atoms with E-state index < -0.39 is 23.9 Å². The molecule has 7 heteroatoms. The minimum Gasteiger partial charge on any atom is -0.469 e. The molecule has 2 N–H and O–H groups in total. The fourth-order valence-corrected chi connectivity index (χ4v) is 4.94. The van der Waals surface area contributed by atoms with Crippen LogP contribution in [0.15, 0.2) is 48.5 Å². The lowest BCUT2D eigenvalue weighted by Gasteiger charge is -2.41. The van der Waals surface area contributed by atoms with Crippen LogP contribution in [0.3, 0.4) is 0 Å². The van der Waals surface area contributed by atoms with Gasteiger partial charge in [0, 0.05) is 22.0 Å². The molecule has 32 heavy (non-hydrogen) atoms. The zero-order valence-corrected chi connectivity index (χ0v) is 19.9. The summed E-state index contributed by atoms with van der Waals surface area (Å²) < 4.78 is 4.88. The van der Waals surface area contributed by atoms with Crippen LogP contribution in [0.2, 0.25) is 10.0 Å². The van der Waals surface area contributed by atoms with Gasteiger partial charge in [0.2, 0.25) is 5.91 Å². The fourth-order valence-electron chi connectivity index (χ4n) is 4.62. The quantitative estimate of drug-likeness (QED) is 0.540. The molecule has 1 aliphatic rings.